The Labute approximate surface area is 140 Å². The van der Waals surface area contributed by atoms with Gasteiger partial charge in [0.05, 0.1) is 0 Å². The number of rotatable bonds is 2. The van der Waals surface area contributed by atoms with Crippen molar-refractivity contribution in [2.24, 2.45) is 5.92 Å². The molecular weight excluding hydrogens is 278 g/mol. The first-order valence-corrected chi connectivity index (χ1v) is 9.13. The van der Waals surface area contributed by atoms with E-state index < -0.39 is 0 Å². The number of benzene rings is 2. The molecule has 3 unspecified atom stereocenters. The number of hydrogen-bond donors (Lipinski definition) is 0. The van der Waals surface area contributed by atoms with Gasteiger partial charge < -0.3 is 4.90 Å². The highest BCUT2D eigenvalue weighted by Crippen LogP contribution is 2.41. The summed E-state index contributed by atoms with van der Waals surface area (Å²) in [6.07, 6.45) is 6.59. The van der Waals surface area contributed by atoms with Crippen LogP contribution in [0.25, 0.3) is 0 Å². The number of likely N-dealkylation sites (tertiary alicyclic amines) is 1. The van der Waals surface area contributed by atoms with E-state index in [2.05, 4.69) is 66.5 Å². The maximum atomic E-state index is 2.64. The van der Waals surface area contributed by atoms with Crippen LogP contribution in [0.3, 0.4) is 0 Å². The Morgan fingerprint density at radius 2 is 1.70 bits per heavy atom. The second-order valence-electron chi connectivity index (χ2n) is 7.46. The maximum Gasteiger partial charge on any atom is 0.0133 e. The lowest BCUT2D eigenvalue weighted by Crippen LogP contribution is -2.35. The third-order valence-electron chi connectivity index (χ3n) is 6.10. The fourth-order valence-electron chi connectivity index (χ4n) is 4.74. The van der Waals surface area contributed by atoms with Gasteiger partial charge in [0.2, 0.25) is 0 Å². The van der Waals surface area contributed by atoms with Crippen molar-refractivity contribution in [2.75, 3.05) is 13.6 Å². The normalized spacial score (nSPS) is 27.8. The molecule has 0 bridgehead atoms. The van der Waals surface area contributed by atoms with E-state index in [1.54, 1.807) is 11.1 Å². The van der Waals surface area contributed by atoms with Gasteiger partial charge >= 0.3 is 0 Å². The average molecular weight is 305 g/mol. The zero-order valence-electron chi connectivity index (χ0n) is 14.1. The fraction of sp³-hybridized carbons (Fsp3) is 0.455. The van der Waals surface area contributed by atoms with E-state index in [1.807, 2.05) is 0 Å². The van der Waals surface area contributed by atoms with Crippen LogP contribution in [-0.4, -0.2) is 24.5 Å². The molecule has 1 saturated heterocycles. The van der Waals surface area contributed by atoms with Crippen molar-refractivity contribution >= 4 is 0 Å². The van der Waals surface area contributed by atoms with Crippen LogP contribution in [0.1, 0.15) is 41.9 Å². The third-order valence-corrected chi connectivity index (χ3v) is 6.10. The van der Waals surface area contributed by atoms with Crippen LogP contribution in [0.2, 0.25) is 0 Å². The Morgan fingerprint density at radius 1 is 0.913 bits per heavy atom. The van der Waals surface area contributed by atoms with Gasteiger partial charge in [0.25, 0.3) is 0 Å². The molecule has 1 heterocycles. The molecule has 4 rings (SSSR count). The van der Waals surface area contributed by atoms with Gasteiger partial charge in [-0.05, 0) is 67.7 Å². The Balaban J connectivity index is 1.54. The van der Waals surface area contributed by atoms with E-state index in [-0.39, 0.29) is 0 Å². The van der Waals surface area contributed by atoms with Gasteiger partial charge in [-0.2, -0.15) is 0 Å². The van der Waals surface area contributed by atoms with E-state index in [9.17, 15) is 0 Å². The maximum absolute atomic E-state index is 2.64. The van der Waals surface area contributed by atoms with Crippen molar-refractivity contribution in [3.8, 4) is 0 Å². The van der Waals surface area contributed by atoms with Crippen LogP contribution in [0.4, 0.5) is 0 Å². The average Bonchev–Trinajstić information content (AvgIpc) is 2.75. The topological polar surface area (TPSA) is 3.24 Å². The highest BCUT2D eigenvalue weighted by molar-refractivity contribution is 5.34. The molecule has 3 atom stereocenters. The lowest BCUT2D eigenvalue weighted by atomic mass is 9.73. The monoisotopic (exact) mass is 305 g/mol. The number of aryl methyl sites for hydroxylation is 1. The summed E-state index contributed by atoms with van der Waals surface area (Å²) in [5, 5.41) is 0. The molecule has 0 amide bonds. The Morgan fingerprint density at radius 3 is 2.57 bits per heavy atom. The zero-order chi connectivity index (χ0) is 15.6. The summed E-state index contributed by atoms with van der Waals surface area (Å²) in [6, 6.07) is 20.9. The molecule has 2 aromatic rings. The van der Waals surface area contributed by atoms with Crippen molar-refractivity contribution < 1.29 is 0 Å². The van der Waals surface area contributed by atoms with E-state index in [1.165, 1.54) is 44.2 Å². The standard InChI is InChI=1S/C22H27N/c1-23-16-22-19(12-11-18-9-5-6-10-21(18)22)13-14-20(23)15-17-7-3-2-4-8-17/h2-10,19-20,22H,11-16H2,1H3. The minimum Gasteiger partial charge on any atom is -0.302 e. The third kappa shape index (κ3) is 3.07. The van der Waals surface area contributed by atoms with Gasteiger partial charge in [0, 0.05) is 12.6 Å². The van der Waals surface area contributed by atoms with E-state index in [0.29, 0.717) is 6.04 Å². The summed E-state index contributed by atoms with van der Waals surface area (Å²) in [6.45, 7) is 1.22. The van der Waals surface area contributed by atoms with Gasteiger partial charge in [0.1, 0.15) is 0 Å². The molecular formula is C22H27N. The first kappa shape index (κ1) is 15.0. The lowest BCUT2D eigenvalue weighted by molar-refractivity contribution is 0.230. The minimum atomic E-state index is 0.690. The second kappa shape index (κ2) is 6.49. The smallest absolute Gasteiger partial charge is 0.0133 e. The van der Waals surface area contributed by atoms with Gasteiger partial charge in [-0.15, -0.1) is 0 Å². The Hall–Kier alpha value is -1.60. The second-order valence-corrected chi connectivity index (χ2v) is 7.46. The van der Waals surface area contributed by atoms with Crippen molar-refractivity contribution in [3.63, 3.8) is 0 Å². The van der Waals surface area contributed by atoms with Crippen LogP contribution in [0.5, 0.6) is 0 Å². The van der Waals surface area contributed by atoms with Crippen LogP contribution >= 0.6 is 0 Å². The van der Waals surface area contributed by atoms with Crippen LogP contribution in [0.15, 0.2) is 54.6 Å². The first-order chi connectivity index (χ1) is 11.3. The van der Waals surface area contributed by atoms with Gasteiger partial charge in [-0.25, -0.2) is 0 Å². The van der Waals surface area contributed by atoms with E-state index in [4.69, 9.17) is 0 Å². The van der Waals surface area contributed by atoms with Gasteiger partial charge in [-0.3, -0.25) is 0 Å². The number of hydrogen-bond acceptors (Lipinski definition) is 1. The summed E-state index contributed by atoms with van der Waals surface area (Å²) in [7, 11) is 2.34. The molecule has 1 nitrogen and oxygen atoms in total. The molecule has 1 aliphatic carbocycles. The predicted octanol–water partition coefficient (Wildman–Crippen LogP) is 4.67. The summed E-state index contributed by atoms with van der Waals surface area (Å²) < 4.78 is 0. The van der Waals surface area contributed by atoms with Crippen molar-refractivity contribution in [1.82, 2.24) is 4.90 Å². The zero-order valence-corrected chi connectivity index (χ0v) is 14.1. The molecule has 0 saturated carbocycles. The van der Waals surface area contributed by atoms with Gasteiger partial charge in [0.15, 0.2) is 0 Å². The molecule has 0 N–H and O–H groups in total. The van der Waals surface area contributed by atoms with E-state index in [0.717, 1.165) is 11.8 Å². The predicted molar refractivity (Wildman–Crippen MR) is 96.8 cm³/mol. The molecule has 1 aliphatic heterocycles. The molecule has 0 radical (unpaired) electrons. The first-order valence-electron chi connectivity index (χ1n) is 9.13. The fourth-order valence-corrected chi connectivity index (χ4v) is 4.74. The number of likely N-dealkylation sites (N-methyl/N-ethyl adjacent to an activating group) is 1. The van der Waals surface area contributed by atoms with Crippen LogP contribution in [0, 0.1) is 5.92 Å². The lowest BCUT2D eigenvalue weighted by Gasteiger charge is -2.34. The summed E-state index contributed by atoms with van der Waals surface area (Å²) in [4.78, 5) is 2.64. The summed E-state index contributed by atoms with van der Waals surface area (Å²) in [5.41, 5.74) is 4.72. The van der Waals surface area contributed by atoms with E-state index >= 15 is 0 Å². The van der Waals surface area contributed by atoms with Crippen LogP contribution < -0.4 is 0 Å². The molecule has 2 aromatic carbocycles. The molecule has 2 aliphatic rings. The molecule has 0 aromatic heterocycles. The Bertz CT molecular complexity index is 648. The van der Waals surface area contributed by atoms with Gasteiger partial charge in [-0.1, -0.05) is 54.6 Å². The molecule has 1 fully saturated rings. The molecule has 1 heteroatoms. The number of nitrogens with zero attached hydrogens (tertiary/aromatic N) is 1. The molecule has 0 spiro atoms. The summed E-state index contributed by atoms with van der Waals surface area (Å²) >= 11 is 0. The molecule has 120 valence electrons. The highest BCUT2D eigenvalue weighted by atomic mass is 15.1. The van der Waals surface area contributed by atoms with Crippen molar-refractivity contribution in [2.45, 2.75) is 44.1 Å². The SMILES string of the molecule is CN1CC2c3ccccc3CCC2CCC1Cc1ccccc1. The summed E-state index contributed by atoms with van der Waals surface area (Å²) in [5.74, 6) is 1.62. The largest absolute Gasteiger partial charge is 0.302 e. The van der Waals surface area contributed by atoms with Crippen molar-refractivity contribution in [1.29, 1.82) is 0 Å². The van der Waals surface area contributed by atoms with Crippen molar-refractivity contribution in [3.05, 3.63) is 71.3 Å². The Kier molecular flexibility index (Phi) is 4.22. The van der Waals surface area contributed by atoms with Crippen LogP contribution in [-0.2, 0) is 12.8 Å². The number of fused-ring (bicyclic) bond motifs is 3. The minimum absolute atomic E-state index is 0.690. The molecule has 23 heavy (non-hydrogen) atoms. The quantitative estimate of drug-likeness (QED) is 0.779. The highest BCUT2D eigenvalue weighted by Gasteiger charge is 2.34.